The van der Waals surface area contributed by atoms with Gasteiger partial charge in [0, 0.05) is 161 Å². The smallest absolute Gasteiger partial charge is 0.248 e. The fourth-order valence-electron chi connectivity index (χ4n) is 14.4. The normalized spacial score (nSPS) is 14.9. The first kappa shape index (κ1) is 78.7. The molecule has 14 aromatic rings. The molecule has 0 aliphatic carbocycles. The number of nitrogens with zero attached hydrogens (tertiary/aromatic N) is 16. The molecule has 4 saturated heterocycles. The van der Waals surface area contributed by atoms with E-state index in [9.17, 15) is 36.7 Å². The highest BCUT2D eigenvalue weighted by Gasteiger charge is 2.50. The van der Waals surface area contributed by atoms with Crippen LogP contribution in [0.5, 0.6) is 0 Å². The number of aromatic nitrogens is 16. The van der Waals surface area contributed by atoms with Crippen LogP contribution >= 0.6 is 0 Å². The van der Waals surface area contributed by atoms with Crippen molar-refractivity contribution in [3.05, 3.63) is 276 Å². The zero-order valence-corrected chi connectivity index (χ0v) is 63.7. The Hall–Kier alpha value is -14.5. The van der Waals surface area contributed by atoms with Crippen molar-refractivity contribution in [1.29, 1.82) is 0 Å². The molecule has 12 N–H and O–H groups in total. The molecule has 0 spiro atoms. The number of rotatable bonds is 22. The molecule has 0 bridgehead atoms. The zero-order valence-electron chi connectivity index (χ0n) is 63.7. The molecule has 4 fully saturated rings. The third-order valence-corrected chi connectivity index (χ3v) is 21.2. The highest BCUT2D eigenvalue weighted by atomic mass is 19.1. The number of carbonyl (C=O) groups excluding carboxylic acids is 4. The number of carbonyl (C=O) groups is 4. The average molecular weight is 1590 g/mol. The second kappa shape index (κ2) is 34.3. The first-order valence-corrected chi connectivity index (χ1v) is 37.6. The van der Waals surface area contributed by atoms with Gasteiger partial charge in [-0.2, -0.15) is 10.2 Å². The number of halogens is 4. The number of fused-ring (bicyclic) bond motifs is 2. The van der Waals surface area contributed by atoms with E-state index in [1.807, 2.05) is 78.9 Å². The molecular weight excluding hydrogens is 1510 g/mol. The van der Waals surface area contributed by atoms with Crippen LogP contribution < -0.4 is 43.4 Å². The number of likely N-dealkylation sites (tertiary alicyclic amines) is 2. The average Bonchev–Trinajstić information content (AvgIpc) is 0.876. The first-order valence-electron chi connectivity index (χ1n) is 37.6. The summed E-state index contributed by atoms with van der Waals surface area (Å²) in [4.78, 5) is 66.4. The molecule has 4 amide bonds. The van der Waals surface area contributed by atoms with Crippen molar-refractivity contribution in [2.45, 2.75) is 35.5 Å². The van der Waals surface area contributed by atoms with Crippen molar-refractivity contribution in [2.24, 2.45) is 11.5 Å². The number of nitrogens with two attached hydrogens (primary N) is 2. The summed E-state index contributed by atoms with van der Waals surface area (Å²) >= 11 is 0. The lowest BCUT2D eigenvalue weighted by Crippen LogP contribution is -2.64. The summed E-state index contributed by atoms with van der Waals surface area (Å²) in [6, 6.07) is 52.2. The number of nitrogens with one attached hydrogen (secondary N) is 8. The van der Waals surface area contributed by atoms with Crippen LogP contribution in [0.3, 0.4) is 0 Å². The van der Waals surface area contributed by atoms with Gasteiger partial charge in [0.2, 0.25) is 23.6 Å². The maximum Gasteiger partial charge on any atom is 0.248 e. The maximum absolute atomic E-state index is 14.5. The van der Waals surface area contributed by atoms with E-state index >= 15 is 0 Å². The Morgan fingerprint density at radius 3 is 0.949 bits per heavy atom. The zero-order chi connectivity index (χ0) is 82.0. The Labute approximate surface area is 672 Å². The Morgan fingerprint density at radius 1 is 0.373 bits per heavy atom. The lowest BCUT2D eigenvalue weighted by Gasteiger charge is -2.49. The van der Waals surface area contributed by atoms with Crippen LogP contribution in [0.4, 0.5) is 40.8 Å². The fraction of sp³-hybridized carbons (Fsp3) is 0.214. The minimum Gasteiger partial charge on any atom is -0.368 e. The second-order valence-electron chi connectivity index (χ2n) is 29.3. The van der Waals surface area contributed by atoms with Gasteiger partial charge in [-0.05, 0) is 146 Å². The Balaban J connectivity index is 0.000000123. The molecule has 0 unspecified atom stereocenters. The molecule has 596 valence electrons. The van der Waals surface area contributed by atoms with E-state index in [-0.39, 0.29) is 34.7 Å². The molecule has 4 aliphatic rings. The third kappa shape index (κ3) is 17.3. The van der Waals surface area contributed by atoms with Crippen LogP contribution in [-0.4, -0.2) is 193 Å². The van der Waals surface area contributed by atoms with Crippen LogP contribution in [-0.2, 0) is 31.2 Å². The first-order chi connectivity index (χ1) is 57.2. The number of benzene rings is 4. The van der Waals surface area contributed by atoms with E-state index in [1.54, 1.807) is 126 Å². The molecule has 30 nitrogen and oxygen atoms in total. The number of anilines is 4. The molecule has 10 aromatic heterocycles. The molecule has 0 saturated carbocycles. The lowest BCUT2D eigenvalue weighted by atomic mass is 9.76. The van der Waals surface area contributed by atoms with Gasteiger partial charge in [0.25, 0.3) is 0 Å². The quantitative estimate of drug-likeness (QED) is 0.0283. The van der Waals surface area contributed by atoms with Gasteiger partial charge in [0.05, 0.1) is 90.6 Å². The second-order valence-corrected chi connectivity index (χ2v) is 29.3. The number of aromatic amines is 2. The van der Waals surface area contributed by atoms with Gasteiger partial charge >= 0.3 is 0 Å². The van der Waals surface area contributed by atoms with E-state index in [1.165, 1.54) is 38.1 Å². The third-order valence-electron chi connectivity index (χ3n) is 21.2. The van der Waals surface area contributed by atoms with Crippen molar-refractivity contribution >= 4 is 68.7 Å². The van der Waals surface area contributed by atoms with Crippen LogP contribution in [0.25, 0.3) is 66.8 Å². The molecule has 4 aromatic carbocycles. The number of hydrogen-bond donors (Lipinski definition) is 10. The number of amides is 4. The van der Waals surface area contributed by atoms with Crippen LogP contribution in [0.1, 0.15) is 57.3 Å². The Morgan fingerprint density at radius 2 is 0.678 bits per heavy atom. The van der Waals surface area contributed by atoms with Gasteiger partial charge in [-0.3, -0.25) is 49.3 Å². The number of hydrogen-bond acceptors (Lipinski definition) is 24. The number of primary amides is 2. The molecule has 0 atom stereocenters. The van der Waals surface area contributed by atoms with Gasteiger partial charge in [0.15, 0.2) is 0 Å². The molecule has 118 heavy (non-hydrogen) atoms. The van der Waals surface area contributed by atoms with Gasteiger partial charge in [0.1, 0.15) is 46.5 Å². The van der Waals surface area contributed by atoms with Crippen molar-refractivity contribution in [2.75, 3.05) is 99.8 Å². The monoisotopic (exact) mass is 1590 g/mol. The topological polar surface area (TPSA) is 411 Å². The number of H-pyrrole nitrogens is 2. The van der Waals surface area contributed by atoms with E-state index in [0.29, 0.717) is 147 Å². The molecule has 0 radical (unpaired) electrons. The number of pyridine rings is 4. The van der Waals surface area contributed by atoms with Gasteiger partial charge in [-0.15, -0.1) is 40.8 Å². The highest BCUT2D eigenvalue weighted by Crippen LogP contribution is 2.39. The summed E-state index contributed by atoms with van der Waals surface area (Å²) in [6.07, 6.45) is 9.90. The van der Waals surface area contributed by atoms with Gasteiger partial charge < -0.3 is 53.2 Å². The largest absolute Gasteiger partial charge is 0.368 e. The van der Waals surface area contributed by atoms with Crippen LogP contribution in [0.2, 0.25) is 0 Å². The highest BCUT2D eigenvalue weighted by molar-refractivity contribution is 5.95. The SMILES string of the molecule is CC(=O)N1CC(CNc2ccc(-c3ccc4[nH]ncc4c3)nn2)(c2ncccc2F)C1.CC(=O)N1CC(CNc2ccc(-c3cccc(C(N)=O)c3)nn2)(c2ncccc2F)C1.Fc1cccnc1C1(CNc2ccc(-c3ccc4[nH]ncc4c3)nn2)CNC1.NC(=O)c1cccc(-c2ccc(NCC3(c4ncccc4F)CNC3)nn2)c1. The summed E-state index contributed by atoms with van der Waals surface area (Å²) in [7, 11) is 0. The standard InChI is InChI=1S/C22H20FN7O.C22H21FN6O2.C20H18FN7.C20H19FN6O/c1-14(31)30-12-22(13-30,21-17(23)3-2-8-24-21)11-25-20-7-6-18(28-29-20)15-4-5-19-16(9-15)10-26-27-19;1-14(30)29-12-22(13-29,20-17(23)6-3-9-25-20)11-26-19-8-7-18(27-28-19)15-4-2-5-16(10-15)21(24)31;21-15-2-1-7-23-19(15)20(10-22-11-20)12-24-18-6-5-16(27-28-18)13-3-4-17-14(8-13)9-25-26-17;21-15-5-2-8-24-18(15)20(10-23-11-20)12-25-17-7-6-16(26-27-17)13-3-1-4-14(9-13)19(22)28/h2-10H,11-13H2,1H3,(H,25,29)(H,26,27);2-10H,11-13H2,1H3,(H2,24,31)(H,26,28);1-9,22H,10-12H2,(H,24,28)(H,25,26);1-9,23H,10-12H2,(H2,22,28)(H,25,27). The minimum atomic E-state index is -0.646. The maximum atomic E-state index is 14.5. The van der Waals surface area contributed by atoms with Crippen molar-refractivity contribution in [3.8, 4) is 45.0 Å². The Kier molecular flexibility index (Phi) is 22.9. The summed E-state index contributed by atoms with van der Waals surface area (Å²) in [5.74, 6) is -0.144. The minimum absolute atomic E-state index is 0.0364. The van der Waals surface area contributed by atoms with E-state index in [4.69, 9.17) is 11.5 Å². The molecule has 18 rings (SSSR count). The Bertz CT molecular complexity index is 5950. The fourth-order valence-corrected chi connectivity index (χ4v) is 14.4. The van der Waals surface area contributed by atoms with Crippen molar-refractivity contribution in [1.82, 2.24) is 102 Å². The van der Waals surface area contributed by atoms with Gasteiger partial charge in [-0.25, -0.2) is 17.6 Å². The summed E-state index contributed by atoms with van der Waals surface area (Å²) < 4.78 is 57.3. The predicted molar refractivity (Wildman–Crippen MR) is 434 cm³/mol. The summed E-state index contributed by atoms with van der Waals surface area (Å²) in [5.41, 5.74) is 19.1. The van der Waals surface area contributed by atoms with Crippen LogP contribution in [0, 0.1) is 23.3 Å². The van der Waals surface area contributed by atoms with Crippen molar-refractivity contribution < 1.29 is 36.7 Å². The van der Waals surface area contributed by atoms with E-state index in [2.05, 4.69) is 113 Å². The molecule has 34 heteroatoms. The lowest BCUT2D eigenvalue weighted by molar-refractivity contribution is -0.137. The van der Waals surface area contributed by atoms with E-state index < -0.39 is 33.9 Å². The molecular formula is C84H78F4N26O4. The van der Waals surface area contributed by atoms with Crippen molar-refractivity contribution in [3.63, 3.8) is 0 Å². The predicted octanol–water partition coefficient (Wildman–Crippen LogP) is 8.99. The van der Waals surface area contributed by atoms with Crippen LogP contribution in [0.15, 0.2) is 219 Å². The molecule has 14 heterocycles. The molecule has 4 aliphatic heterocycles. The van der Waals surface area contributed by atoms with Gasteiger partial charge in [-0.1, -0.05) is 36.4 Å². The summed E-state index contributed by atoms with van der Waals surface area (Å²) in [5, 5.41) is 69.3. The van der Waals surface area contributed by atoms with E-state index in [0.717, 1.165) is 55.4 Å². The summed E-state index contributed by atoms with van der Waals surface area (Å²) in [6.45, 7) is 8.91.